The molecule has 0 N–H and O–H groups in total. The van der Waals surface area contributed by atoms with E-state index in [0.717, 1.165) is 64.2 Å². The molecule has 0 fully saturated rings. The number of unbranched alkanes of at least 4 members (excludes halogenated alkanes) is 12. The maximum atomic E-state index is 14.6. The van der Waals surface area contributed by atoms with Gasteiger partial charge in [0.15, 0.2) is 0 Å². The standard InChI is InChI=1S/C31H52F5O2P/c1-5-9-13-14-15-16-17-18-19-20-24-39(21-10-6-2,22-11-7-3,23-12-8-4)38-31(37)25-26(32)28(34)30(36)29(35)27(25)33/h5-24H2,1-4H3. The molecule has 228 valence electrons. The summed E-state index contributed by atoms with van der Waals surface area (Å²) in [7, 11) is 0. The molecule has 0 aliphatic carbocycles. The first-order valence-corrected chi connectivity index (χ1v) is 18.3. The summed E-state index contributed by atoms with van der Waals surface area (Å²) in [4.78, 5) is 13.4. The fourth-order valence-corrected chi connectivity index (χ4v) is 12.2. The molecule has 0 saturated heterocycles. The van der Waals surface area contributed by atoms with Gasteiger partial charge < -0.3 is 0 Å². The van der Waals surface area contributed by atoms with Crippen LogP contribution in [0.1, 0.15) is 141 Å². The normalized spacial score (nSPS) is 12.9. The number of halogens is 5. The predicted octanol–water partition coefficient (Wildman–Crippen LogP) is 11.3. The topological polar surface area (TPSA) is 26.3 Å². The fourth-order valence-electron chi connectivity index (χ4n) is 5.59. The van der Waals surface area contributed by atoms with E-state index in [1.807, 2.05) is 20.8 Å². The van der Waals surface area contributed by atoms with Crippen LogP contribution in [0.5, 0.6) is 0 Å². The minimum atomic E-state index is -3.37. The zero-order valence-corrected chi connectivity index (χ0v) is 25.7. The monoisotopic (exact) mass is 582 g/mol. The molecule has 1 aromatic carbocycles. The van der Waals surface area contributed by atoms with Gasteiger partial charge in [0.05, 0.1) is 0 Å². The summed E-state index contributed by atoms with van der Waals surface area (Å²) in [5, 5.41) is 0. The third kappa shape index (κ3) is 10.6. The second-order valence-electron chi connectivity index (χ2n) is 11.3. The van der Waals surface area contributed by atoms with Crippen LogP contribution in [0, 0.1) is 29.1 Å². The molecule has 0 amide bonds. The molecule has 0 spiro atoms. The van der Waals surface area contributed by atoms with E-state index in [1.54, 1.807) is 0 Å². The number of carbonyl (C=O) groups excluding carboxylic acids is 1. The van der Waals surface area contributed by atoms with Gasteiger partial charge in [-0.1, -0.05) is 0 Å². The predicted molar refractivity (Wildman–Crippen MR) is 155 cm³/mol. The van der Waals surface area contributed by atoms with Crippen LogP contribution < -0.4 is 0 Å². The van der Waals surface area contributed by atoms with Crippen LogP contribution in [0.4, 0.5) is 22.0 Å². The Morgan fingerprint density at radius 1 is 0.487 bits per heavy atom. The van der Waals surface area contributed by atoms with Crippen molar-refractivity contribution >= 4 is 12.8 Å². The second-order valence-corrected chi connectivity index (χ2v) is 17.0. The Morgan fingerprint density at radius 2 is 0.795 bits per heavy atom. The van der Waals surface area contributed by atoms with Crippen molar-refractivity contribution in [2.24, 2.45) is 0 Å². The molecule has 0 aliphatic heterocycles. The van der Waals surface area contributed by atoms with Gasteiger partial charge in [-0.2, -0.15) is 0 Å². The van der Waals surface area contributed by atoms with Crippen LogP contribution in [0.3, 0.4) is 0 Å². The van der Waals surface area contributed by atoms with Crippen molar-refractivity contribution < 1.29 is 31.3 Å². The first-order chi connectivity index (χ1) is 18.6. The minimum absolute atomic E-state index is 0.626. The van der Waals surface area contributed by atoms with Crippen LogP contribution in [0.25, 0.3) is 0 Å². The molecule has 2 nitrogen and oxygen atoms in total. The molecule has 0 aliphatic rings. The first kappa shape index (κ1) is 35.8. The summed E-state index contributed by atoms with van der Waals surface area (Å²) >= 11 is 0. The Morgan fingerprint density at radius 3 is 1.18 bits per heavy atom. The Hall–Kier alpha value is -1.23. The molecule has 0 saturated carbocycles. The van der Waals surface area contributed by atoms with E-state index < -0.39 is 47.4 Å². The van der Waals surface area contributed by atoms with Gasteiger partial charge in [-0.15, -0.1) is 0 Å². The van der Waals surface area contributed by atoms with Gasteiger partial charge in [-0.25, -0.2) is 0 Å². The van der Waals surface area contributed by atoms with Crippen molar-refractivity contribution in [3.8, 4) is 0 Å². The number of carbonyl (C=O) groups is 1. The average Bonchev–Trinajstić information content (AvgIpc) is 2.93. The molecular weight excluding hydrogens is 530 g/mol. The van der Waals surface area contributed by atoms with Gasteiger partial charge in [-0.3, -0.25) is 0 Å². The van der Waals surface area contributed by atoms with Crippen LogP contribution in [0.15, 0.2) is 0 Å². The van der Waals surface area contributed by atoms with Gasteiger partial charge in [-0.05, 0) is 0 Å². The summed E-state index contributed by atoms with van der Waals surface area (Å²) in [6.45, 7) is 4.96. The third-order valence-electron chi connectivity index (χ3n) is 8.06. The van der Waals surface area contributed by atoms with Gasteiger partial charge in [0, 0.05) is 0 Å². The van der Waals surface area contributed by atoms with Crippen molar-refractivity contribution in [1.82, 2.24) is 0 Å². The van der Waals surface area contributed by atoms with Gasteiger partial charge in [0.25, 0.3) is 0 Å². The number of hydrogen-bond donors (Lipinski definition) is 0. The maximum absolute atomic E-state index is 14.6. The van der Waals surface area contributed by atoms with E-state index in [-0.39, 0.29) is 0 Å². The van der Waals surface area contributed by atoms with Gasteiger partial charge in [0.1, 0.15) is 0 Å². The van der Waals surface area contributed by atoms with E-state index in [0.29, 0.717) is 24.6 Å². The zero-order valence-electron chi connectivity index (χ0n) is 24.8. The van der Waals surface area contributed by atoms with Crippen LogP contribution in [-0.2, 0) is 4.52 Å². The molecule has 0 aromatic heterocycles. The van der Waals surface area contributed by atoms with E-state index >= 15 is 0 Å². The van der Waals surface area contributed by atoms with Crippen molar-refractivity contribution in [2.75, 3.05) is 24.6 Å². The molecule has 1 aromatic rings. The molecule has 39 heavy (non-hydrogen) atoms. The quantitative estimate of drug-likeness (QED) is 0.0447. The van der Waals surface area contributed by atoms with Crippen LogP contribution in [0.2, 0.25) is 0 Å². The Labute approximate surface area is 233 Å². The molecular formula is C31H52F5O2P. The second kappa shape index (κ2) is 18.3. The Balaban J connectivity index is 3.24. The van der Waals surface area contributed by atoms with E-state index in [4.69, 9.17) is 4.52 Å². The zero-order chi connectivity index (χ0) is 29.3. The molecule has 0 unspecified atom stereocenters. The average molecular weight is 583 g/mol. The molecule has 0 atom stereocenters. The van der Waals surface area contributed by atoms with Gasteiger partial charge in [0.2, 0.25) is 0 Å². The fraction of sp³-hybridized carbons (Fsp3) is 0.774. The molecule has 0 heterocycles. The van der Waals surface area contributed by atoms with Crippen molar-refractivity contribution in [2.45, 2.75) is 130 Å². The Bertz CT molecular complexity index is 823. The van der Waals surface area contributed by atoms with Crippen LogP contribution >= 0.6 is 6.83 Å². The summed E-state index contributed by atoms with van der Waals surface area (Å²) in [6.07, 6.45) is 19.0. The van der Waals surface area contributed by atoms with E-state index in [2.05, 4.69) is 6.92 Å². The van der Waals surface area contributed by atoms with Crippen molar-refractivity contribution in [3.05, 3.63) is 34.6 Å². The van der Waals surface area contributed by atoms with E-state index in [9.17, 15) is 26.7 Å². The van der Waals surface area contributed by atoms with Crippen molar-refractivity contribution in [1.29, 1.82) is 0 Å². The number of benzene rings is 1. The first-order valence-electron chi connectivity index (χ1n) is 15.4. The number of hydrogen-bond acceptors (Lipinski definition) is 2. The summed E-state index contributed by atoms with van der Waals surface area (Å²) in [5.41, 5.74) is -1.46. The molecule has 0 bridgehead atoms. The summed E-state index contributed by atoms with van der Waals surface area (Å²) < 4.78 is 77.1. The molecule has 8 heteroatoms. The third-order valence-corrected chi connectivity index (χ3v) is 14.5. The Kier molecular flexibility index (Phi) is 16.8. The molecule has 1 rings (SSSR count). The van der Waals surface area contributed by atoms with Gasteiger partial charge >= 0.3 is 234 Å². The SMILES string of the molecule is CCCCCCCCCCCCP(CCCC)(CCCC)(CCCC)OC(=O)c1c(F)c(F)c(F)c(F)c1F. The summed E-state index contributed by atoms with van der Waals surface area (Å²) in [6, 6.07) is 0. The van der Waals surface area contributed by atoms with E-state index in [1.165, 1.54) is 38.5 Å². The van der Waals surface area contributed by atoms with Crippen LogP contribution in [-0.4, -0.2) is 30.6 Å². The molecule has 0 radical (unpaired) electrons. The summed E-state index contributed by atoms with van der Waals surface area (Å²) in [5.74, 6) is -12.1. The van der Waals surface area contributed by atoms with Crippen molar-refractivity contribution in [3.63, 3.8) is 0 Å². The number of rotatable bonds is 22.